The van der Waals surface area contributed by atoms with Gasteiger partial charge in [-0.15, -0.1) is 24.0 Å². The zero-order valence-corrected chi connectivity index (χ0v) is 17.2. The van der Waals surface area contributed by atoms with E-state index in [0.717, 1.165) is 12.8 Å². The molecule has 1 saturated heterocycles. The second kappa shape index (κ2) is 10.9. The summed E-state index contributed by atoms with van der Waals surface area (Å²) in [6, 6.07) is 5.93. The summed E-state index contributed by atoms with van der Waals surface area (Å²) in [6.07, 6.45) is 1.66. The van der Waals surface area contributed by atoms with E-state index in [1.54, 1.807) is 20.0 Å². The van der Waals surface area contributed by atoms with Crippen LogP contribution in [0.15, 0.2) is 29.3 Å². The minimum absolute atomic E-state index is 0. The molecule has 0 saturated carbocycles. The van der Waals surface area contributed by atoms with Crippen molar-refractivity contribution in [1.82, 2.24) is 15.5 Å². The minimum atomic E-state index is -0.403. The lowest BCUT2D eigenvalue weighted by molar-refractivity contribution is -0.129. The average Bonchev–Trinajstić information content (AvgIpc) is 2.59. The Morgan fingerprint density at radius 3 is 2.58 bits per heavy atom. The lowest BCUT2D eigenvalue weighted by atomic mass is 10.1. The first-order valence-electron chi connectivity index (χ1n) is 8.26. The largest absolute Gasteiger partial charge is 0.354 e. The third kappa shape index (κ3) is 7.14. The number of hydrogen-bond donors (Lipinski definition) is 3. The summed E-state index contributed by atoms with van der Waals surface area (Å²) >= 11 is 0. The highest BCUT2D eigenvalue weighted by atomic mass is 127. The van der Waals surface area contributed by atoms with Crippen molar-refractivity contribution in [2.75, 3.05) is 32.0 Å². The first kappa shape index (κ1) is 22.1. The van der Waals surface area contributed by atoms with Crippen LogP contribution in [0.4, 0.5) is 10.1 Å². The molecule has 1 aromatic rings. The predicted octanol–water partition coefficient (Wildman–Crippen LogP) is 1.56. The fourth-order valence-corrected chi connectivity index (χ4v) is 2.66. The van der Waals surface area contributed by atoms with Crippen molar-refractivity contribution in [2.45, 2.75) is 25.8 Å². The van der Waals surface area contributed by atoms with Crippen molar-refractivity contribution in [3.8, 4) is 0 Å². The standard InChI is InChI=1S/C17H24FN5O2.HI/c1-12(24)23-8-6-14(7-9-23)22-17(19-2)20-11-16(25)21-15-5-3-4-13(18)10-15;/h3-5,10,14H,6-9,11H2,1-2H3,(H,21,25)(H2,19,20,22);1H. The zero-order valence-electron chi connectivity index (χ0n) is 14.9. The number of likely N-dealkylation sites (tertiary alicyclic amines) is 1. The van der Waals surface area contributed by atoms with Crippen LogP contribution in [0, 0.1) is 5.82 Å². The molecule has 0 bridgehead atoms. The van der Waals surface area contributed by atoms with Gasteiger partial charge in [0, 0.05) is 38.8 Å². The normalized spacial score (nSPS) is 15.0. The van der Waals surface area contributed by atoms with Gasteiger partial charge in [-0.05, 0) is 31.0 Å². The van der Waals surface area contributed by atoms with Gasteiger partial charge in [-0.1, -0.05) is 6.07 Å². The number of amides is 2. The fourth-order valence-electron chi connectivity index (χ4n) is 2.66. The lowest BCUT2D eigenvalue weighted by Crippen LogP contribution is -2.50. The number of benzene rings is 1. The second-order valence-electron chi connectivity index (χ2n) is 5.91. The van der Waals surface area contributed by atoms with E-state index in [1.807, 2.05) is 4.90 Å². The van der Waals surface area contributed by atoms with Gasteiger partial charge < -0.3 is 20.9 Å². The molecule has 9 heteroatoms. The Labute approximate surface area is 169 Å². The van der Waals surface area contributed by atoms with E-state index < -0.39 is 5.82 Å². The van der Waals surface area contributed by atoms with Gasteiger partial charge in [-0.25, -0.2) is 4.39 Å². The maximum absolute atomic E-state index is 13.1. The number of nitrogens with zero attached hydrogens (tertiary/aromatic N) is 2. The van der Waals surface area contributed by atoms with E-state index in [4.69, 9.17) is 0 Å². The number of halogens is 2. The molecule has 26 heavy (non-hydrogen) atoms. The molecule has 1 aromatic carbocycles. The Morgan fingerprint density at radius 2 is 2.00 bits per heavy atom. The molecule has 7 nitrogen and oxygen atoms in total. The van der Waals surface area contributed by atoms with Gasteiger partial charge in [0.1, 0.15) is 5.82 Å². The van der Waals surface area contributed by atoms with Crippen LogP contribution in [0.2, 0.25) is 0 Å². The third-order valence-electron chi connectivity index (χ3n) is 4.03. The van der Waals surface area contributed by atoms with Gasteiger partial charge in [0.05, 0.1) is 6.54 Å². The Hall–Kier alpha value is -1.91. The monoisotopic (exact) mass is 477 g/mol. The van der Waals surface area contributed by atoms with E-state index in [-0.39, 0.29) is 48.4 Å². The highest BCUT2D eigenvalue weighted by Gasteiger charge is 2.21. The molecule has 1 aliphatic heterocycles. The SMILES string of the molecule is CN=C(NCC(=O)Nc1cccc(F)c1)NC1CCN(C(C)=O)CC1.I. The summed E-state index contributed by atoms with van der Waals surface area (Å²) < 4.78 is 13.1. The van der Waals surface area contributed by atoms with Crippen molar-refractivity contribution in [3.05, 3.63) is 30.1 Å². The first-order chi connectivity index (χ1) is 12.0. The Bertz CT molecular complexity index is 648. The van der Waals surface area contributed by atoms with Gasteiger partial charge in [0.25, 0.3) is 0 Å². The van der Waals surface area contributed by atoms with Crippen molar-refractivity contribution in [2.24, 2.45) is 4.99 Å². The van der Waals surface area contributed by atoms with Gasteiger partial charge in [-0.3, -0.25) is 14.6 Å². The molecule has 3 N–H and O–H groups in total. The van der Waals surface area contributed by atoms with Crippen molar-refractivity contribution in [1.29, 1.82) is 0 Å². The van der Waals surface area contributed by atoms with E-state index in [1.165, 1.54) is 18.2 Å². The van der Waals surface area contributed by atoms with Crippen LogP contribution >= 0.6 is 24.0 Å². The fraction of sp³-hybridized carbons (Fsp3) is 0.471. The summed E-state index contributed by atoms with van der Waals surface area (Å²) in [4.78, 5) is 29.2. The highest BCUT2D eigenvalue weighted by Crippen LogP contribution is 2.10. The molecule has 0 spiro atoms. The van der Waals surface area contributed by atoms with Gasteiger partial charge in [0.15, 0.2) is 5.96 Å². The number of carbonyl (C=O) groups is 2. The molecular weight excluding hydrogens is 452 g/mol. The maximum atomic E-state index is 13.1. The van der Waals surface area contributed by atoms with Crippen molar-refractivity contribution >= 4 is 47.4 Å². The van der Waals surface area contributed by atoms with Gasteiger partial charge in [0.2, 0.25) is 11.8 Å². The zero-order chi connectivity index (χ0) is 18.2. The molecule has 2 amide bonds. The highest BCUT2D eigenvalue weighted by molar-refractivity contribution is 14.0. The number of hydrogen-bond acceptors (Lipinski definition) is 3. The van der Waals surface area contributed by atoms with Gasteiger partial charge in [-0.2, -0.15) is 0 Å². The number of carbonyl (C=O) groups excluding carboxylic acids is 2. The quantitative estimate of drug-likeness (QED) is 0.349. The van der Waals surface area contributed by atoms with Crippen molar-refractivity contribution in [3.63, 3.8) is 0 Å². The number of rotatable bonds is 4. The van der Waals surface area contributed by atoms with Crippen molar-refractivity contribution < 1.29 is 14.0 Å². The molecule has 144 valence electrons. The Kier molecular flexibility index (Phi) is 9.31. The van der Waals surface area contributed by atoms with Crippen LogP contribution in [0.1, 0.15) is 19.8 Å². The van der Waals surface area contributed by atoms with Crippen LogP contribution in [0.3, 0.4) is 0 Å². The predicted molar refractivity (Wildman–Crippen MR) is 110 cm³/mol. The summed E-state index contributed by atoms with van der Waals surface area (Å²) in [5.74, 6) is -0.0780. The number of nitrogens with one attached hydrogen (secondary N) is 3. The molecule has 0 aromatic heterocycles. The van der Waals surface area contributed by atoms with E-state index >= 15 is 0 Å². The Morgan fingerprint density at radius 1 is 1.31 bits per heavy atom. The molecule has 1 aliphatic rings. The summed E-state index contributed by atoms with van der Waals surface area (Å²) in [5, 5.41) is 8.81. The topological polar surface area (TPSA) is 85.8 Å². The first-order valence-corrected chi connectivity index (χ1v) is 8.26. The van der Waals surface area contributed by atoms with Crippen LogP contribution in [-0.2, 0) is 9.59 Å². The number of piperidine rings is 1. The second-order valence-corrected chi connectivity index (χ2v) is 5.91. The van der Waals surface area contributed by atoms with Crippen LogP contribution < -0.4 is 16.0 Å². The van der Waals surface area contributed by atoms with Crippen LogP contribution in [0.25, 0.3) is 0 Å². The van der Waals surface area contributed by atoms with E-state index in [0.29, 0.717) is 24.7 Å². The average molecular weight is 477 g/mol. The minimum Gasteiger partial charge on any atom is -0.354 e. The molecule has 0 atom stereocenters. The number of aliphatic imine (C=N–C) groups is 1. The molecule has 0 radical (unpaired) electrons. The van der Waals surface area contributed by atoms with Crippen LogP contribution in [0.5, 0.6) is 0 Å². The molecule has 0 aliphatic carbocycles. The molecular formula is C17H25FIN5O2. The molecule has 1 fully saturated rings. The summed E-state index contributed by atoms with van der Waals surface area (Å²) in [6.45, 7) is 3.02. The molecule has 0 unspecified atom stereocenters. The lowest BCUT2D eigenvalue weighted by Gasteiger charge is -2.32. The van der Waals surface area contributed by atoms with Gasteiger partial charge >= 0.3 is 0 Å². The summed E-state index contributed by atoms with van der Waals surface area (Å²) in [7, 11) is 1.63. The van der Waals surface area contributed by atoms with E-state index in [9.17, 15) is 14.0 Å². The third-order valence-corrected chi connectivity index (χ3v) is 4.03. The summed E-state index contributed by atoms with van der Waals surface area (Å²) in [5.41, 5.74) is 0.409. The number of anilines is 1. The molecule has 2 rings (SSSR count). The Balaban J connectivity index is 0.00000338. The van der Waals surface area contributed by atoms with E-state index in [2.05, 4.69) is 20.9 Å². The molecule has 1 heterocycles. The number of guanidine groups is 1. The smallest absolute Gasteiger partial charge is 0.243 e. The maximum Gasteiger partial charge on any atom is 0.243 e. The van der Waals surface area contributed by atoms with Crippen LogP contribution in [-0.4, -0.2) is 55.4 Å².